The molecule has 0 saturated heterocycles. The Morgan fingerprint density at radius 3 is 2.40 bits per heavy atom. The van der Waals surface area contributed by atoms with Crippen molar-refractivity contribution >= 4 is 29.6 Å². The summed E-state index contributed by atoms with van der Waals surface area (Å²) in [5.41, 5.74) is 5.85. The highest BCUT2D eigenvalue weighted by atomic mass is 16.5. The second-order valence-electron chi connectivity index (χ2n) is 5.25. The van der Waals surface area contributed by atoms with E-state index in [0.29, 0.717) is 10.7 Å². The number of fused-ring (bicyclic) bond motifs is 1. The quantitative estimate of drug-likeness (QED) is 0.706. The number of anilines is 1. The molecule has 2 rings (SSSR count). The van der Waals surface area contributed by atoms with Crippen LogP contribution < -0.4 is 16.1 Å². The molecule has 1 aliphatic heterocycles. The summed E-state index contributed by atoms with van der Waals surface area (Å²) in [5, 5.41) is 0.695. The van der Waals surface area contributed by atoms with Crippen molar-refractivity contribution in [1.29, 1.82) is 0 Å². The number of amides is 3. The average molecular weight is 350 g/mol. The predicted octanol–water partition coefficient (Wildman–Crippen LogP) is -0.406. The van der Waals surface area contributed by atoms with Gasteiger partial charge in [0.2, 0.25) is 5.66 Å². The molecule has 0 spiro atoms. The molecule has 1 heterocycles. The molecule has 0 aromatic heterocycles. The molecule has 0 aliphatic carbocycles. The zero-order valence-electron chi connectivity index (χ0n) is 13.9. The predicted molar refractivity (Wildman–Crippen MR) is 85.1 cm³/mol. The van der Waals surface area contributed by atoms with Crippen molar-refractivity contribution in [2.45, 2.75) is 12.1 Å². The summed E-state index contributed by atoms with van der Waals surface area (Å²) in [4.78, 5) is 50.3. The first-order chi connectivity index (χ1) is 11.8. The second kappa shape index (κ2) is 6.67. The van der Waals surface area contributed by atoms with Gasteiger partial charge in [-0.2, -0.15) is 0 Å². The summed E-state index contributed by atoms with van der Waals surface area (Å²) in [7, 11) is 3.72. The Kier molecular flexibility index (Phi) is 4.82. The molecule has 3 amide bonds. The Labute approximate surface area is 143 Å². The molecule has 1 atom stereocenters. The minimum atomic E-state index is -2.00. The van der Waals surface area contributed by atoms with Gasteiger partial charge in [0, 0.05) is 7.05 Å². The Morgan fingerprint density at radius 1 is 1.20 bits per heavy atom. The van der Waals surface area contributed by atoms with Gasteiger partial charge in [-0.1, -0.05) is 12.1 Å². The number of carbonyl (C=O) groups is 4. The summed E-state index contributed by atoms with van der Waals surface area (Å²) in [6, 6.07) is 5.32. The Morgan fingerprint density at radius 2 is 1.84 bits per heavy atom. The fourth-order valence-corrected chi connectivity index (χ4v) is 2.77. The lowest BCUT2D eigenvalue weighted by molar-refractivity contribution is -0.162. The van der Waals surface area contributed by atoms with Crippen LogP contribution in [0.3, 0.4) is 0 Å². The van der Waals surface area contributed by atoms with Crippen LogP contribution >= 0.6 is 0 Å². The molecule has 1 unspecified atom stereocenters. The van der Waals surface area contributed by atoms with Crippen molar-refractivity contribution in [1.82, 2.24) is 10.4 Å². The fraction of sp³-hybridized carbons (Fsp3) is 0.333. The number of rotatable bonds is 4. The molecule has 25 heavy (non-hydrogen) atoms. The third kappa shape index (κ3) is 2.82. The Bertz CT molecular complexity index is 736. The first-order valence-corrected chi connectivity index (χ1v) is 7.18. The van der Waals surface area contributed by atoms with Gasteiger partial charge in [-0.3, -0.25) is 9.59 Å². The van der Waals surface area contributed by atoms with Gasteiger partial charge in [0.05, 0.1) is 25.5 Å². The molecule has 10 nitrogen and oxygen atoms in total. The van der Waals surface area contributed by atoms with Crippen molar-refractivity contribution in [3.63, 3.8) is 0 Å². The van der Waals surface area contributed by atoms with Crippen LogP contribution in [-0.2, 0) is 19.1 Å². The van der Waals surface area contributed by atoms with Gasteiger partial charge in [0.1, 0.15) is 6.42 Å². The zero-order valence-corrected chi connectivity index (χ0v) is 13.9. The number of esters is 2. The monoisotopic (exact) mass is 350 g/mol. The van der Waals surface area contributed by atoms with Crippen LogP contribution in [0.4, 0.5) is 10.5 Å². The van der Waals surface area contributed by atoms with E-state index < -0.39 is 36.0 Å². The van der Waals surface area contributed by atoms with Crippen LogP contribution in [-0.4, -0.2) is 55.8 Å². The van der Waals surface area contributed by atoms with Gasteiger partial charge < -0.3 is 20.1 Å². The smallest absolute Gasteiger partial charge is 0.355 e. The van der Waals surface area contributed by atoms with E-state index >= 15 is 0 Å². The van der Waals surface area contributed by atoms with Gasteiger partial charge in [-0.25, -0.2) is 20.0 Å². The molecule has 1 aliphatic rings. The minimum absolute atomic E-state index is 0.211. The largest absolute Gasteiger partial charge is 0.469 e. The number of hydrogen-bond acceptors (Lipinski definition) is 7. The number of hydrogen-bond donors (Lipinski definition) is 2. The molecule has 1 aromatic carbocycles. The maximum absolute atomic E-state index is 12.9. The normalized spacial score (nSPS) is 19.1. The summed E-state index contributed by atoms with van der Waals surface area (Å²) in [5.74, 6) is -2.46. The molecule has 0 fully saturated rings. The zero-order chi connectivity index (χ0) is 18.8. The summed E-state index contributed by atoms with van der Waals surface area (Å²) < 4.78 is 9.45. The molecule has 0 saturated carbocycles. The van der Waals surface area contributed by atoms with Crippen molar-refractivity contribution in [3.05, 3.63) is 29.8 Å². The highest BCUT2D eigenvalue weighted by Crippen LogP contribution is 2.38. The van der Waals surface area contributed by atoms with Gasteiger partial charge in [0.25, 0.3) is 5.91 Å². The number of nitrogens with two attached hydrogens (primary N) is 1. The summed E-state index contributed by atoms with van der Waals surface area (Å²) in [6.07, 6.45) is -0.590. The molecule has 3 N–H and O–H groups in total. The summed E-state index contributed by atoms with van der Waals surface area (Å²) in [6.45, 7) is 0. The molecular weight excluding hydrogens is 332 g/mol. The lowest BCUT2D eigenvalue weighted by Crippen LogP contribution is -2.74. The first kappa shape index (κ1) is 18.0. The van der Waals surface area contributed by atoms with E-state index in [1.807, 2.05) is 0 Å². The molecule has 1 aromatic rings. The lowest BCUT2D eigenvalue weighted by atomic mass is 9.95. The SMILES string of the molecule is COC(=O)CC1(C(=O)OC)N(NC(N)=O)C(=O)c2ccccc2N1C. The first-order valence-electron chi connectivity index (χ1n) is 7.18. The van der Waals surface area contributed by atoms with Gasteiger partial charge in [-0.05, 0) is 12.1 Å². The fourth-order valence-electron chi connectivity index (χ4n) is 2.77. The second-order valence-corrected chi connectivity index (χ2v) is 5.25. The number of benzene rings is 1. The number of nitrogens with one attached hydrogen (secondary N) is 1. The Balaban J connectivity index is 2.73. The number of ether oxygens (including phenoxy) is 2. The standard InChI is InChI=1S/C15H18N4O6/c1-18-10-7-5-4-6-9(10)12(21)19(17-14(16)23)15(18,13(22)25-3)8-11(20)24-2/h4-7H,8H2,1-3H3,(H3,16,17,23). The highest BCUT2D eigenvalue weighted by molar-refractivity contribution is 6.08. The van der Waals surface area contributed by atoms with Crippen LogP contribution in [0.15, 0.2) is 24.3 Å². The number of para-hydroxylation sites is 1. The number of hydrazine groups is 1. The maximum Gasteiger partial charge on any atom is 0.355 e. The van der Waals surface area contributed by atoms with Crippen LogP contribution in [0.25, 0.3) is 0 Å². The van der Waals surface area contributed by atoms with Gasteiger partial charge in [0.15, 0.2) is 0 Å². The Hall–Kier alpha value is -3.30. The molecule has 134 valence electrons. The minimum Gasteiger partial charge on any atom is -0.469 e. The van der Waals surface area contributed by atoms with Crippen LogP contribution in [0, 0.1) is 0 Å². The van der Waals surface area contributed by atoms with E-state index in [4.69, 9.17) is 10.5 Å². The average Bonchev–Trinajstić information content (AvgIpc) is 2.61. The van der Waals surface area contributed by atoms with E-state index in [1.54, 1.807) is 18.2 Å². The lowest BCUT2D eigenvalue weighted by Gasteiger charge is -2.49. The van der Waals surface area contributed by atoms with Crippen LogP contribution in [0.5, 0.6) is 0 Å². The molecular formula is C15H18N4O6. The van der Waals surface area contributed by atoms with E-state index in [0.717, 1.165) is 14.2 Å². The topological polar surface area (TPSA) is 131 Å². The number of primary amides is 1. The van der Waals surface area contributed by atoms with E-state index in [9.17, 15) is 19.2 Å². The molecule has 0 bridgehead atoms. The van der Waals surface area contributed by atoms with Crippen molar-refractivity contribution in [2.75, 3.05) is 26.2 Å². The van der Waals surface area contributed by atoms with E-state index in [2.05, 4.69) is 10.2 Å². The maximum atomic E-state index is 12.9. The third-order valence-corrected chi connectivity index (χ3v) is 3.98. The number of carbonyl (C=O) groups excluding carboxylic acids is 4. The van der Waals surface area contributed by atoms with Crippen molar-refractivity contribution < 1.29 is 28.7 Å². The number of nitrogens with zero attached hydrogens (tertiary/aromatic N) is 2. The highest BCUT2D eigenvalue weighted by Gasteiger charge is 2.57. The van der Waals surface area contributed by atoms with E-state index in [-0.39, 0.29) is 5.56 Å². The van der Waals surface area contributed by atoms with Crippen molar-refractivity contribution in [2.24, 2.45) is 5.73 Å². The molecule has 0 radical (unpaired) electrons. The van der Waals surface area contributed by atoms with Gasteiger partial charge in [-0.15, -0.1) is 0 Å². The summed E-state index contributed by atoms with van der Waals surface area (Å²) >= 11 is 0. The van der Waals surface area contributed by atoms with E-state index in [1.165, 1.54) is 18.0 Å². The number of methoxy groups -OCH3 is 2. The third-order valence-electron chi connectivity index (χ3n) is 3.98. The number of likely N-dealkylation sites (N-methyl/N-ethyl adjacent to an activating group) is 1. The van der Waals surface area contributed by atoms with Crippen LogP contribution in [0.2, 0.25) is 0 Å². The molecule has 10 heteroatoms. The van der Waals surface area contributed by atoms with Crippen molar-refractivity contribution in [3.8, 4) is 0 Å². The van der Waals surface area contributed by atoms with Crippen LogP contribution in [0.1, 0.15) is 16.8 Å². The van der Waals surface area contributed by atoms with Gasteiger partial charge >= 0.3 is 18.0 Å². The number of urea groups is 1.